The van der Waals surface area contributed by atoms with Crippen molar-refractivity contribution in [1.82, 2.24) is 4.57 Å². The zero-order valence-electron chi connectivity index (χ0n) is 18.0. The summed E-state index contributed by atoms with van der Waals surface area (Å²) < 4.78 is 20.2. The van der Waals surface area contributed by atoms with Crippen molar-refractivity contribution >= 4 is 34.4 Å². The van der Waals surface area contributed by atoms with Gasteiger partial charge in [0.1, 0.15) is 11.6 Å². The first-order valence-corrected chi connectivity index (χ1v) is 10.6. The van der Waals surface area contributed by atoms with Crippen LogP contribution in [0.5, 0.6) is 5.75 Å². The molecule has 0 saturated heterocycles. The minimum absolute atomic E-state index is 0.242. The third kappa shape index (κ3) is 4.22. The summed E-state index contributed by atoms with van der Waals surface area (Å²) in [5.41, 5.74) is 2.57. The molecule has 0 saturated carbocycles. The lowest BCUT2D eigenvalue weighted by Crippen LogP contribution is -2.18. The molecule has 1 atom stereocenters. The van der Waals surface area contributed by atoms with E-state index in [2.05, 4.69) is 0 Å². The number of fused-ring (bicyclic) bond motifs is 1. The van der Waals surface area contributed by atoms with Gasteiger partial charge in [0.15, 0.2) is 0 Å². The number of aromatic nitrogens is 1. The molecule has 4 rings (SSSR count). The fourth-order valence-electron chi connectivity index (χ4n) is 4.18. The van der Waals surface area contributed by atoms with E-state index < -0.39 is 23.6 Å². The molecule has 0 aliphatic carbocycles. The maximum Gasteiger partial charge on any atom is 0.311 e. The van der Waals surface area contributed by atoms with E-state index in [4.69, 9.17) is 16.3 Å². The Balaban J connectivity index is 1.97. The number of hydrogen-bond acceptors (Lipinski definition) is 3. The molecule has 5 nitrogen and oxygen atoms in total. The van der Waals surface area contributed by atoms with Gasteiger partial charge in [-0.25, -0.2) is 4.39 Å². The highest BCUT2D eigenvalue weighted by Crippen LogP contribution is 2.39. The summed E-state index contributed by atoms with van der Waals surface area (Å²) in [5, 5.41) is 11.0. The van der Waals surface area contributed by atoms with E-state index in [1.807, 2.05) is 30.3 Å². The van der Waals surface area contributed by atoms with Crippen molar-refractivity contribution in [2.24, 2.45) is 0 Å². The van der Waals surface area contributed by atoms with Crippen LogP contribution in [-0.2, 0) is 11.2 Å². The molecule has 0 amide bonds. The van der Waals surface area contributed by atoms with Crippen LogP contribution in [0.3, 0.4) is 0 Å². The monoisotopic (exact) mass is 465 g/mol. The Morgan fingerprint density at radius 2 is 1.76 bits per heavy atom. The van der Waals surface area contributed by atoms with Gasteiger partial charge in [0.2, 0.25) is 0 Å². The average molecular weight is 466 g/mol. The molecule has 1 heterocycles. The Labute approximate surface area is 195 Å². The number of carbonyl (C=O) groups is 2. The molecule has 0 aliphatic heterocycles. The van der Waals surface area contributed by atoms with Crippen molar-refractivity contribution in [1.29, 1.82) is 0 Å². The zero-order chi connectivity index (χ0) is 23.7. The third-order valence-corrected chi connectivity index (χ3v) is 6.05. The van der Waals surface area contributed by atoms with Crippen LogP contribution in [-0.4, -0.2) is 28.7 Å². The number of carbonyl (C=O) groups excluding carboxylic acids is 1. The average Bonchev–Trinajstić information content (AvgIpc) is 3.07. The number of halogens is 2. The van der Waals surface area contributed by atoms with E-state index in [1.54, 1.807) is 19.1 Å². The van der Waals surface area contributed by atoms with Crippen molar-refractivity contribution in [2.45, 2.75) is 19.3 Å². The highest BCUT2D eigenvalue weighted by molar-refractivity contribution is 6.33. The second-order valence-electron chi connectivity index (χ2n) is 7.73. The largest absolute Gasteiger partial charge is 0.495 e. The van der Waals surface area contributed by atoms with Gasteiger partial charge in [-0.05, 0) is 60.9 Å². The minimum atomic E-state index is -1.01. The molecule has 4 aromatic rings. The molecule has 0 bridgehead atoms. The topological polar surface area (TPSA) is 68.5 Å². The molecule has 0 fully saturated rings. The summed E-state index contributed by atoms with van der Waals surface area (Å²) >= 11 is 6.36. The minimum Gasteiger partial charge on any atom is -0.495 e. The van der Waals surface area contributed by atoms with E-state index in [-0.39, 0.29) is 17.0 Å². The van der Waals surface area contributed by atoms with Crippen LogP contribution in [0, 0.1) is 12.7 Å². The number of nitrogens with zero attached hydrogens (tertiary/aromatic N) is 1. The number of rotatable bonds is 6. The van der Waals surface area contributed by atoms with Crippen molar-refractivity contribution in [3.05, 3.63) is 100.0 Å². The standard InChI is InChI=1S/C26H21ClFNO4/c1-15-24(20(26(31)32)12-16-6-4-3-5-7-16)19-13-23(33-2)21(27)14-22(19)29(15)25(30)17-8-10-18(28)11-9-17/h3-11,13-14,20H,12H2,1-2H3,(H,31,32). The Kier molecular flexibility index (Phi) is 6.20. The van der Waals surface area contributed by atoms with Gasteiger partial charge in [0, 0.05) is 16.6 Å². The highest BCUT2D eigenvalue weighted by Gasteiger charge is 2.30. The normalized spacial score (nSPS) is 12.0. The van der Waals surface area contributed by atoms with Gasteiger partial charge in [-0.15, -0.1) is 0 Å². The SMILES string of the molecule is COc1cc2c(C(Cc3ccccc3)C(=O)O)c(C)n(C(=O)c3ccc(F)cc3)c2cc1Cl. The number of benzene rings is 3. The van der Waals surface area contributed by atoms with Gasteiger partial charge >= 0.3 is 5.97 Å². The van der Waals surface area contributed by atoms with Crippen LogP contribution < -0.4 is 4.74 Å². The lowest BCUT2D eigenvalue weighted by atomic mass is 9.90. The molecule has 3 aromatic carbocycles. The molecule has 1 unspecified atom stereocenters. The predicted molar refractivity (Wildman–Crippen MR) is 125 cm³/mol. The first kappa shape index (κ1) is 22.6. The van der Waals surface area contributed by atoms with E-state index in [1.165, 1.54) is 35.9 Å². The van der Waals surface area contributed by atoms with Crippen molar-refractivity contribution in [3.8, 4) is 5.75 Å². The molecule has 1 N–H and O–H groups in total. The van der Waals surface area contributed by atoms with Crippen molar-refractivity contribution in [3.63, 3.8) is 0 Å². The summed E-state index contributed by atoms with van der Waals surface area (Å²) in [6, 6.07) is 17.8. The van der Waals surface area contributed by atoms with Crippen molar-refractivity contribution < 1.29 is 23.8 Å². The number of hydrogen-bond donors (Lipinski definition) is 1. The van der Waals surface area contributed by atoms with E-state index in [9.17, 15) is 19.1 Å². The summed E-state index contributed by atoms with van der Waals surface area (Å²) in [5.74, 6) is -2.41. The maximum absolute atomic E-state index is 13.4. The zero-order valence-corrected chi connectivity index (χ0v) is 18.8. The predicted octanol–water partition coefficient (Wildman–Crippen LogP) is 5.85. The first-order chi connectivity index (χ1) is 15.8. The van der Waals surface area contributed by atoms with Crippen LogP contribution in [0.25, 0.3) is 10.9 Å². The van der Waals surface area contributed by atoms with E-state index >= 15 is 0 Å². The summed E-state index contributed by atoms with van der Waals surface area (Å²) in [7, 11) is 1.47. The lowest BCUT2D eigenvalue weighted by molar-refractivity contribution is -0.138. The molecule has 0 aliphatic rings. The third-order valence-electron chi connectivity index (χ3n) is 5.75. The highest BCUT2D eigenvalue weighted by atomic mass is 35.5. The van der Waals surface area contributed by atoms with Crippen molar-refractivity contribution in [2.75, 3.05) is 7.11 Å². The number of carboxylic acids is 1. The van der Waals surface area contributed by atoms with Gasteiger partial charge in [-0.3, -0.25) is 14.2 Å². The molecule has 168 valence electrons. The number of ether oxygens (including phenoxy) is 1. The molecule has 1 aromatic heterocycles. The Morgan fingerprint density at radius 3 is 2.36 bits per heavy atom. The van der Waals surface area contributed by atoms with Crippen LogP contribution in [0.1, 0.15) is 33.1 Å². The molecular formula is C26H21ClFNO4. The molecule has 0 radical (unpaired) electrons. The maximum atomic E-state index is 13.4. The van der Waals surface area contributed by atoms with Gasteiger partial charge in [0.05, 0.1) is 23.6 Å². The lowest BCUT2D eigenvalue weighted by Gasteiger charge is -2.14. The second kappa shape index (κ2) is 9.08. The summed E-state index contributed by atoms with van der Waals surface area (Å²) in [6.07, 6.45) is 0.242. The Hall–Kier alpha value is -3.64. The van der Waals surface area contributed by atoms with Crippen LogP contribution in [0.2, 0.25) is 5.02 Å². The first-order valence-electron chi connectivity index (χ1n) is 10.3. The number of methoxy groups -OCH3 is 1. The van der Waals surface area contributed by atoms with E-state index in [0.717, 1.165) is 5.56 Å². The van der Waals surface area contributed by atoms with Gasteiger partial charge < -0.3 is 9.84 Å². The molecular weight excluding hydrogens is 445 g/mol. The molecule has 7 heteroatoms. The van der Waals surface area contributed by atoms with Gasteiger partial charge in [0.25, 0.3) is 5.91 Å². The van der Waals surface area contributed by atoms with Crippen LogP contribution in [0.4, 0.5) is 4.39 Å². The van der Waals surface area contributed by atoms with E-state index in [0.29, 0.717) is 27.9 Å². The quantitative estimate of drug-likeness (QED) is 0.388. The Bertz CT molecular complexity index is 1350. The summed E-state index contributed by atoms with van der Waals surface area (Å²) in [4.78, 5) is 25.9. The second-order valence-corrected chi connectivity index (χ2v) is 8.14. The fourth-order valence-corrected chi connectivity index (χ4v) is 4.42. The molecule has 0 spiro atoms. The number of carboxylic acid groups (broad SMARTS) is 1. The molecule has 33 heavy (non-hydrogen) atoms. The fraction of sp³-hybridized carbons (Fsp3) is 0.154. The Morgan fingerprint density at radius 1 is 1.09 bits per heavy atom. The van der Waals surface area contributed by atoms with Crippen LogP contribution >= 0.6 is 11.6 Å². The summed E-state index contributed by atoms with van der Waals surface area (Å²) in [6.45, 7) is 1.71. The van der Waals surface area contributed by atoms with Gasteiger partial charge in [-0.2, -0.15) is 0 Å². The smallest absolute Gasteiger partial charge is 0.311 e. The number of aliphatic carboxylic acids is 1. The van der Waals surface area contributed by atoms with Crippen LogP contribution in [0.15, 0.2) is 66.7 Å². The van der Waals surface area contributed by atoms with Gasteiger partial charge in [-0.1, -0.05) is 41.9 Å².